The van der Waals surface area contributed by atoms with Crippen molar-refractivity contribution in [1.82, 2.24) is 10.2 Å². The van der Waals surface area contributed by atoms with E-state index in [1.54, 1.807) is 12.1 Å². The summed E-state index contributed by atoms with van der Waals surface area (Å²) in [7, 11) is 1.51. The number of rotatable bonds is 7. The Bertz CT molecular complexity index is 964. The van der Waals surface area contributed by atoms with E-state index in [1.807, 2.05) is 38.4 Å². The lowest BCUT2D eigenvalue weighted by Crippen LogP contribution is -2.28. The highest BCUT2D eigenvalue weighted by Gasteiger charge is 2.27. The van der Waals surface area contributed by atoms with E-state index in [2.05, 4.69) is 26.7 Å². The Labute approximate surface area is 167 Å². The number of hydrogen-bond acceptors (Lipinski definition) is 5. The molecule has 1 aliphatic carbocycles. The van der Waals surface area contributed by atoms with E-state index in [1.165, 1.54) is 11.1 Å². The largest absolute Gasteiger partial charge is 0.349 e. The van der Waals surface area contributed by atoms with Gasteiger partial charge in [0.25, 0.3) is 0 Å². The van der Waals surface area contributed by atoms with E-state index < -0.39 is 16.5 Å². The molecular formula is C21H25N3O3S. The molecule has 0 aromatic heterocycles. The Kier molecular flexibility index (Phi) is 6.59. The molecule has 1 aliphatic rings. The fourth-order valence-electron chi connectivity index (χ4n) is 3.79. The van der Waals surface area contributed by atoms with E-state index in [4.69, 9.17) is 0 Å². The lowest BCUT2D eigenvalue weighted by molar-refractivity contribution is -0.122. The number of fused-ring (bicyclic) bond motifs is 1. The third-order valence-electron chi connectivity index (χ3n) is 4.97. The summed E-state index contributed by atoms with van der Waals surface area (Å²) >= 11 is 0. The molecule has 0 radical (unpaired) electrons. The summed E-state index contributed by atoms with van der Waals surface area (Å²) < 4.78 is 25.9. The molecule has 0 aliphatic heterocycles. The summed E-state index contributed by atoms with van der Waals surface area (Å²) in [5.74, 6) is -0.195. The monoisotopic (exact) mass is 399 g/mol. The van der Waals surface area contributed by atoms with Crippen LogP contribution in [0.25, 0.3) is 0 Å². The molecule has 0 spiro atoms. The quantitative estimate of drug-likeness (QED) is 0.776. The Morgan fingerprint density at radius 3 is 2.61 bits per heavy atom. The average molecular weight is 400 g/mol. The zero-order valence-electron chi connectivity index (χ0n) is 16.1. The van der Waals surface area contributed by atoms with Gasteiger partial charge < -0.3 is 10.2 Å². The van der Waals surface area contributed by atoms with Gasteiger partial charge in [0.1, 0.15) is 6.04 Å². The van der Waals surface area contributed by atoms with Gasteiger partial charge in [-0.25, -0.2) is 0 Å². The van der Waals surface area contributed by atoms with Crippen LogP contribution >= 0.6 is 0 Å². The first-order chi connectivity index (χ1) is 13.4. The number of carbonyl (C=O) groups excluding carboxylic acids is 1. The fraction of sp³-hybridized carbons (Fsp3) is 0.381. The van der Waals surface area contributed by atoms with Crippen molar-refractivity contribution in [2.24, 2.45) is 4.36 Å². The normalized spacial score (nSPS) is 16.5. The minimum absolute atomic E-state index is 0.00121. The van der Waals surface area contributed by atoms with Gasteiger partial charge in [-0.15, -0.1) is 0 Å². The number of hydrogen-bond donors (Lipinski definition) is 1. The molecule has 0 heterocycles. The molecule has 1 N–H and O–H groups in total. The highest BCUT2D eigenvalue weighted by molar-refractivity contribution is 7.61. The Morgan fingerprint density at radius 2 is 1.93 bits per heavy atom. The highest BCUT2D eigenvalue weighted by Crippen LogP contribution is 2.34. The van der Waals surface area contributed by atoms with E-state index in [9.17, 15) is 13.2 Å². The van der Waals surface area contributed by atoms with Gasteiger partial charge in [0.15, 0.2) is 0 Å². The van der Waals surface area contributed by atoms with Gasteiger partial charge in [-0.2, -0.15) is 12.8 Å². The van der Waals surface area contributed by atoms with Crippen LogP contribution in [0.4, 0.5) is 0 Å². The molecule has 2 aromatic rings. The molecule has 28 heavy (non-hydrogen) atoms. The van der Waals surface area contributed by atoms with E-state index in [-0.39, 0.29) is 18.4 Å². The van der Waals surface area contributed by atoms with Crippen LogP contribution in [0, 0.1) is 0 Å². The molecule has 1 amide bonds. The number of benzene rings is 2. The third kappa shape index (κ3) is 5.05. The second-order valence-corrected chi connectivity index (χ2v) is 7.98. The van der Waals surface area contributed by atoms with Gasteiger partial charge >= 0.3 is 10.5 Å². The van der Waals surface area contributed by atoms with Crippen molar-refractivity contribution < 1.29 is 13.2 Å². The van der Waals surface area contributed by atoms with Crippen LogP contribution in [-0.4, -0.2) is 33.3 Å². The third-order valence-corrected chi connectivity index (χ3v) is 5.39. The van der Waals surface area contributed by atoms with Crippen molar-refractivity contribution in [2.75, 3.05) is 14.1 Å². The molecule has 3 rings (SSSR count). The molecule has 6 nitrogen and oxygen atoms in total. The van der Waals surface area contributed by atoms with Gasteiger partial charge in [0, 0.05) is 6.54 Å². The summed E-state index contributed by atoms with van der Waals surface area (Å²) in [6.45, 7) is 0.869. The van der Waals surface area contributed by atoms with E-state index >= 15 is 0 Å². The lowest BCUT2D eigenvalue weighted by atomic mass is 10.0. The van der Waals surface area contributed by atoms with Crippen LogP contribution in [0.3, 0.4) is 0 Å². The maximum atomic E-state index is 12.7. The van der Waals surface area contributed by atoms with Gasteiger partial charge in [0.05, 0.1) is 12.5 Å². The summed E-state index contributed by atoms with van der Waals surface area (Å²) in [5, 5.41) is 3.08. The second kappa shape index (κ2) is 9.12. The predicted octanol–water partition coefficient (Wildman–Crippen LogP) is 3.05. The van der Waals surface area contributed by atoms with Gasteiger partial charge in [-0.1, -0.05) is 48.5 Å². The summed E-state index contributed by atoms with van der Waals surface area (Å²) in [5.41, 5.74) is 4.47. The maximum Gasteiger partial charge on any atom is 0.311 e. The predicted molar refractivity (Wildman–Crippen MR) is 108 cm³/mol. The Morgan fingerprint density at radius 1 is 1.18 bits per heavy atom. The van der Waals surface area contributed by atoms with Crippen molar-refractivity contribution in [3.63, 3.8) is 0 Å². The summed E-state index contributed by atoms with van der Waals surface area (Å²) in [6, 6.07) is 14.5. The first-order valence-corrected chi connectivity index (χ1v) is 10.4. The number of carbonyl (C=O) groups is 1. The van der Waals surface area contributed by atoms with Crippen LogP contribution in [0.15, 0.2) is 52.9 Å². The molecule has 0 saturated carbocycles. The standard InChI is InChI=1S/C21H25N3O3S/c1-24(2)14-16-9-6-10-18-17(16)11-12-19(18)22-21(25)13-20(23-28(26)27)15-7-4-3-5-8-15/h3-10,19-20H,11-14H2,1-2H3,(H,22,25). The maximum absolute atomic E-state index is 12.7. The molecule has 148 valence electrons. The van der Waals surface area contributed by atoms with Gasteiger partial charge in [0.2, 0.25) is 5.91 Å². The average Bonchev–Trinajstić information content (AvgIpc) is 3.05. The first-order valence-electron chi connectivity index (χ1n) is 9.34. The summed E-state index contributed by atoms with van der Waals surface area (Å²) in [6.07, 6.45) is 1.79. The van der Waals surface area contributed by atoms with Crippen molar-refractivity contribution in [3.8, 4) is 0 Å². The fourth-order valence-corrected chi connectivity index (χ4v) is 4.20. The van der Waals surface area contributed by atoms with E-state index in [0.717, 1.165) is 24.9 Å². The van der Waals surface area contributed by atoms with Crippen LogP contribution < -0.4 is 5.32 Å². The van der Waals surface area contributed by atoms with Crippen LogP contribution in [-0.2, 0) is 28.3 Å². The zero-order chi connectivity index (χ0) is 20.1. The van der Waals surface area contributed by atoms with Crippen molar-refractivity contribution in [2.45, 2.75) is 37.9 Å². The summed E-state index contributed by atoms with van der Waals surface area (Å²) in [4.78, 5) is 14.8. The molecule has 0 saturated heterocycles. The molecule has 2 atom stereocenters. The van der Waals surface area contributed by atoms with Crippen molar-refractivity contribution in [3.05, 3.63) is 70.8 Å². The Balaban J connectivity index is 1.73. The van der Waals surface area contributed by atoms with Gasteiger partial charge in [-0.3, -0.25) is 4.79 Å². The number of nitrogens with zero attached hydrogens (tertiary/aromatic N) is 2. The number of nitrogens with one attached hydrogen (secondary N) is 1. The lowest BCUT2D eigenvalue weighted by Gasteiger charge is -2.18. The van der Waals surface area contributed by atoms with Crippen LogP contribution in [0.2, 0.25) is 0 Å². The topological polar surface area (TPSA) is 78.8 Å². The van der Waals surface area contributed by atoms with Crippen molar-refractivity contribution in [1.29, 1.82) is 0 Å². The smallest absolute Gasteiger partial charge is 0.311 e. The SMILES string of the molecule is CN(C)Cc1cccc2c1CCC2NC(=O)CC(N=S(=O)=O)c1ccccc1. The van der Waals surface area contributed by atoms with Crippen LogP contribution in [0.1, 0.15) is 47.2 Å². The molecule has 0 bridgehead atoms. The van der Waals surface area contributed by atoms with Gasteiger partial charge in [-0.05, 0) is 49.2 Å². The second-order valence-electron chi connectivity index (χ2n) is 7.33. The zero-order valence-corrected chi connectivity index (χ0v) is 16.9. The number of amides is 1. The molecule has 2 aromatic carbocycles. The molecule has 0 fully saturated rings. The molecule has 2 unspecified atom stereocenters. The minimum Gasteiger partial charge on any atom is -0.349 e. The minimum atomic E-state index is -2.57. The highest BCUT2D eigenvalue weighted by atomic mass is 32.2. The van der Waals surface area contributed by atoms with E-state index in [0.29, 0.717) is 5.56 Å². The Hall–Kier alpha value is -2.51. The molecular weight excluding hydrogens is 374 g/mol. The molecule has 7 heteroatoms. The van der Waals surface area contributed by atoms with Crippen molar-refractivity contribution >= 4 is 16.4 Å². The first kappa shape index (κ1) is 20.2. The van der Waals surface area contributed by atoms with Crippen LogP contribution in [0.5, 0.6) is 0 Å².